The Balaban J connectivity index is 2.67. The van der Waals surface area contributed by atoms with Crippen LogP contribution in [0.25, 0.3) is 0 Å². The van der Waals surface area contributed by atoms with Crippen molar-refractivity contribution in [3.05, 3.63) is 23.2 Å². The van der Waals surface area contributed by atoms with Gasteiger partial charge < -0.3 is 10.4 Å². The first-order chi connectivity index (χ1) is 7.28. The molecule has 1 rings (SSSR count). The molecular formula is C12H16ClNO2. The molecule has 1 aromatic carbocycles. The van der Waals surface area contributed by atoms with Gasteiger partial charge in [0.2, 0.25) is 5.91 Å². The smallest absolute Gasteiger partial charge is 0.224 e. The quantitative estimate of drug-likeness (QED) is 0.834. The number of halogens is 1. The van der Waals surface area contributed by atoms with Gasteiger partial charge in [0.25, 0.3) is 0 Å². The summed E-state index contributed by atoms with van der Waals surface area (Å²) >= 11 is 5.66. The minimum absolute atomic E-state index is 0.0322. The summed E-state index contributed by atoms with van der Waals surface area (Å²) in [6, 6.07) is 4.63. The van der Waals surface area contributed by atoms with Gasteiger partial charge in [-0.15, -0.1) is 0 Å². The second-order valence-corrected chi connectivity index (χ2v) is 5.36. The first-order valence-electron chi connectivity index (χ1n) is 5.06. The summed E-state index contributed by atoms with van der Waals surface area (Å²) in [7, 11) is 0. The Morgan fingerprint density at radius 1 is 1.44 bits per heavy atom. The molecule has 0 saturated carbocycles. The van der Waals surface area contributed by atoms with Crippen molar-refractivity contribution < 1.29 is 9.90 Å². The van der Waals surface area contributed by atoms with E-state index in [1.807, 2.05) is 20.8 Å². The number of aromatic hydroxyl groups is 1. The minimum Gasteiger partial charge on any atom is -0.506 e. The molecule has 1 amide bonds. The fourth-order valence-electron chi connectivity index (χ4n) is 1.28. The Bertz CT molecular complexity index is 396. The molecule has 0 saturated heterocycles. The highest BCUT2D eigenvalue weighted by molar-refractivity contribution is 6.32. The molecule has 3 nitrogen and oxygen atoms in total. The Hall–Kier alpha value is -1.22. The lowest BCUT2D eigenvalue weighted by atomic mass is 9.92. The topological polar surface area (TPSA) is 49.3 Å². The molecule has 2 N–H and O–H groups in total. The van der Waals surface area contributed by atoms with Gasteiger partial charge in [0.1, 0.15) is 5.75 Å². The van der Waals surface area contributed by atoms with Crippen molar-refractivity contribution in [1.82, 2.24) is 0 Å². The Kier molecular flexibility index (Phi) is 3.81. The summed E-state index contributed by atoms with van der Waals surface area (Å²) in [4.78, 5) is 11.6. The molecule has 0 bridgehead atoms. The third-order valence-corrected chi connectivity index (χ3v) is 2.24. The lowest BCUT2D eigenvalue weighted by Crippen LogP contribution is -2.19. The number of carbonyl (C=O) groups excluding carboxylic acids is 1. The van der Waals surface area contributed by atoms with Gasteiger partial charge in [0.15, 0.2) is 0 Å². The van der Waals surface area contributed by atoms with Crippen LogP contribution in [0.15, 0.2) is 18.2 Å². The summed E-state index contributed by atoms with van der Waals surface area (Å²) in [5.41, 5.74) is 0.495. The second-order valence-electron chi connectivity index (χ2n) is 4.95. The predicted molar refractivity (Wildman–Crippen MR) is 65.8 cm³/mol. The van der Waals surface area contributed by atoms with E-state index in [0.29, 0.717) is 12.1 Å². The molecule has 0 atom stereocenters. The second kappa shape index (κ2) is 4.74. The summed E-state index contributed by atoms with van der Waals surface area (Å²) in [5.74, 6) is -0.107. The maximum Gasteiger partial charge on any atom is 0.224 e. The van der Waals surface area contributed by atoms with Crippen LogP contribution in [0, 0.1) is 5.41 Å². The van der Waals surface area contributed by atoms with E-state index >= 15 is 0 Å². The zero-order valence-electron chi connectivity index (χ0n) is 9.67. The molecular weight excluding hydrogens is 226 g/mol. The molecule has 0 aliphatic carbocycles. The lowest BCUT2D eigenvalue weighted by Gasteiger charge is -2.17. The van der Waals surface area contributed by atoms with Crippen molar-refractivity contribution in [3.63, 3.8) is 0 Å². The molecule has 16 heavy (non-hydrogen) atoms. The SMILES string of the molecule is CC(C)(C)CC(=O)Nc1ccc(Cl)c(O)c1. The van der Waals surface area contributed by atoms with Gasteiger partial charge in [-0.25, -0.2) is 0 Å². The van der Waals surface area contributed by atoms with E-state index in [1.54, 1.807) is 12.1 Å². The standard InChI is InChI=1S/C12H16ClNO2/c1-12(2,3)7-11(16)14-8-4-5-9(13)10(15)6-8/h4-6,15H,7H2,1-3H3,(H,14,16). The van der Waals surface area contributed by atoms with Crippen LogP contribution < -0.4 is 5.32 Å². The number of amides is 1. The summed E-state index contributed by atoms with van der Waals surface area (Å²) in [6.07, 6.45) is 0.427. The van der Waals surface area contributed by atoms with Crippen LogP contribution in [0.3, 0.4) is 0 Å². The lowest BCUT2D eigenvalue weighted by molar-refractivity contribution is -0.117. The molecule has 0 fully saturated rings. The molecule has 1 aromatic rings. The maximum atomic E-state index is 11.6. The van der Waals surface area contributed by atoms with Crippen molar-refractivity contribution in [2.75, 3.05) is 5.32 Å². The monoisotopic (exact) mass is 241 g/mol. The third-order valence-electron chi connectivity index (χ3n) is 1.92. The van der Waals surface area contributed by atoms with Crippen molar-refractivity contribution >= 4 is 23.2 Å². The van der Waals surface area contributed by atoms with Gasteiger partial charge in [0, 0.05) is 18.2 Å². The molecule has 4 heteroatoms. The van der Waals surface area contributed by atoms with Gasteiger partial charge >= 0.3 is 0 Å². The van der Waals surface area contributed by atoms with Crippen molar-refractivity contribution in [1.29, 1.82) is 0 Å². The summed E-state index contributed by atoms with van der Waals surface area (Å²) in [6.45, 7) is 5.98. The van der Waals surface area contributed by atoms with Crippen molar-refractivity contribution in [3.8, 4) is 5.75 Å². The predicted octanol–water partition coefficient (Wildman–Crippen LogP) is 3.42. The van der Waals surface area contributed by atoms with Crippen LogP contribution >= 0.6 is 11.6 Å². The van der Waals surface area contributed by atoms with Crippen molar-refractivity contribution in [2.24, 2.45) is 5.41 Å². The van der Waals surface area contributed by atoms with Crippen LogP contribution in [0.4, 0.5) is 5.69 Å². The number of carbonyl (C=O) groups is 1. The molecule has 88 valence electrons. The average Bonchev–Trinajstić information content (AvgIpc) is 2.08. The van der Waals surface area contributed by atoms with E-state index in [2.05, 4.69) is 5.32 Å². The zero-order valence-corrected chi connectivity index (χ0v) is 10.4. The van der Waals surface area contributed by atoms with Crippen LogP contribution in [0.5, 0.6) is 5.75 Å². The summed E-state index contributed by atoms with van der Waals surface area (Å²) in [5, 5.41) is 12.3. The highest BCUT2D eigenvalue weighted by Crippen LogP contribution is 2.27. The Labute approximate surface area is 100 Å². The number of nitrogens with one attached hydrogen (secondary N) is 1. The van der Waals surface area contributed by atoms with Crippen LogP contribution in [-0.2, 0) is 4.79 Å². The Morgan fingerprint density at radius 2 is 2.06 bits per heavy atom. The van der Waals surface area contributed by atoms with E-state index in [-0.39, 0.29) is 22.1 Å². The first-order valence-corrected chi connectivity index (χ1v) is 5.44. The number of phenolic OH excluding ortho intramolecular Hbond substituents is 1. The van der Waals surface area contributed by atoms with E-state index in [4.69, 9.17) is 11.6 Å². The van der Waals surface area contributed by atoms with Gasteiger partial charge in [-0.3, -0.25) is 4.79 Å². The number of rotatable bonds is 2. The summed E-state index contributed by atoms with van der Waals surface area (Å²) < 4.78 is 0. The van der Waals surface area contributed by atoms with E-state index in [9.17, 15) is 9.90 Å². The fraction of sp³-hybridized carbons (Fsp3) is 0.417. The average molecular weight is 242 g/mol. The fourth-order valence-corrected chi connectivity index (χ4v) is 1.39. The van der Waals surface area contributed by atoms with Crippen LogP contribution in [-0.4, -0.2) is 11.0 Å². The first kappa shape index (κ1) is 12.8. The molecule has 0 aliphatic heterocycles. The number of hydrogen-bond acceptors (Lipinski definition) is 2. The van der Waals surface area contributed by atoms with Gasteiger partial charge in [-0.2, -0.15) is 0 Å². The number of phenols is 1. The molecule has 0 unspecified atom stereocenters. The Morgan fingerprint density at radius 3 is 2.56 bits per heavy atom. The van der Waals surface area contributed by atoms with Crippen molar-refractivity contribution in [2.45, 2.75) is 27.2 Å². The third kappa shape index (κ3) is 4.11. The molecule has 0 spiro atoms. The molecule has 0 radical (unpaired) electrons. The zero-order chi connectivity index (χ0) is 12.3. The van der Waals surface area contributed by atoms with Crippen LogP contribution in [0.1, 0.15) is 27.2 Å². The van der Waals surface area contributed by atoms with E-state index in [0.717, 1.165) is 0 Å². The number of hydrogen-bond donors (Lipinski definition) is 2. The van der Waals surface area contributed by atoms with Gasteiger partial charge in [-0.05, 0) is 17.5 Å². The number of benzene rings is 1. The maximum absolute atomic E-state index is 11.6. The van der Waals surface area contributed by atoms with Gasteiger partial charge in [0.05, 0.1) is 5.02 Å². The highest BCUT2D eigenvalue weighted by atomic mass is 35.5. The van der Waals surface area contributed by atoms with E-state index < -0.39 is 0 Å². The largest absolute Gasteiger partial charge is 0.506 e. The molecule has 0 aliphatic rings. The highest BCUT2D eigenvalue weighted by Gasteiger charge is 2.16. The van der Waals surface area contributed by atoms with Crippen LogP contribution in [0.2, 0.25) is 5.02 Å². The minimum atomic E-state index is -0.0748. The molecule has 0 heterocycles. The normalized spacial score (nSPS) is 11.2. The molecule has 0 aromatic heterocycles. The number of anilines is 1. The van der Waals surface area contributed by atoms with E-state index in [1.165, 1.54) is 6.07 Å². The van der Waals surface area contributed by atoms with Gasteiger partial charge in [-0.1, -0.05) is 32.4 Å².